The third-order valence-electron chi connectivity index (χ3n) is 7.05. The third-order valence-corrected chi connectivity index (χ3v) is 8.22. The lowest BCUT2D eigenvalue weighted by Gasteiger charge is -2.43. The van der Waals surface area contributed by atoms with E-state index in [9.17, 15) is 9.59 Å². The average molecular weight is 493 g/mol. The van der Waals surface area contributed by atoms with Crippen LogP contribution in [0.15, 0.2) is 53.9 Å². The maximum Gasteiger partial charge on any atom is 0.237 e. The Bertz CT molecular complexity index is 1100. The normalized spacial score (nSPS) is 26.5. The smallest absolute Gasteiger partial charge is 0.237 e. The molecule has 2 fully saturated rings. The average Bonchev–Trinajstić information content (AvgIpc) is 3.33. The van der Waals surface area contributed by atoms with Crippen LogP contribution in [0, 0.1) is 12.8 Å². The molecule has 0 saturated carbocycles. The molecule has 2 aromatic rings. The molecule has 3 N–H and O–H groups in total. The van der Waals surface area contributed by atoms with Gasteiger partial charge in [-0.3, -0.25) is 19.8 Å². The van der Waals surface area contributed by atoms with Crippen molar-refractivity contribution in [1.29, 1.82) is 0 Å². The molecule has 5 rings (SSSR count). The molecule has 0 aromatic heterocycles. The summed E-state index contributed by atoms with van der Waals surface area (Å²) >= 11 is 1.58. The van der Waals surface area contributed by atoms with Gasteiger partial charge in [0.05, 0.1) is 19.1 Å². The Labute approximate surface area is 210 Å². The van der Waals surface area contributed by atoms with Gasteiger partial charge in [0.1, 0.15) is 17.3 Å². The van der Waals surface area contributed by atoms with E-state index in [0.717, 1.165) is 41.8 Å². The topological polar surface area (TPSA) is 82.7 Å². The fourth-order valence-corrected chi connectivity index (χ4v) is 6.15. The molecular formula is C27H32N4O3S. The Hall–Kier alpha value is -2.81. The highest BCUT2D eigenvalue weighted by molar-refractivity contribution is 8.04. The summed E-state index contributed by atoms with van der Waals surface area (Å²) in [6, 6.07) is 16.1. The molecule has 7 nitrogen and oxygen atoms in total. The van der Waals surface area contributed by atoms with E-state index in [4.69, 9.17) is 4.74 Å². The molecule has 8 heteroatoms. The molecule has 0 bridgehead atoms. The summed E-state index contributed by atoms with van der Waals surface area (Å²) in [5, 5.41) is 11.8. The Morgan fingerprint density at radius 3 is 2.69 bits per heavy atom. The number of carbonyl (C=O) groups is 2. The first-order valence-corrected chi connectivity index (χ1v) is 13.1. The van der Waals surface area contributed by atoms with Crippen LogP contribution in [-0.2, 0) is 16.1 Å². The minimum atomic E-state index is -0.284. The van der Waals surface area contributed by atoms with E-state index >= 15 is 0 Å². The number of nitrogens with one attached hydrogen (secondary N) is 3. The highest BCUT2D eigenvalue weighted by atomic mass is 32.2. The maximum atomic E-state index is 13.0. The van der Waals surface area contributed by atoms with Crippen molar-refractivity contribution < 1.29 is 14.3 Å². The monoisotopic (exact) mass is 492 g/mol. The second-order valence-corrected chi connectivity index (χ2v) is 10.5. The molecule has 3 aliphatic heterocycles. The van der Waals surface area contributed by atoms with E-state index in [0.29, 0.717) is 13.1 Å². The molecule has 4 atom stereocenters. The number of rotatable bonds is 6. The zero-order valence-electron chi connectivity index (χ0n) is 20.1. The molecule has 3 aliphatic rings. The lowest BCUT2D eigenvalue weighted by Crippen LogP contribution is -2.69. The minimum Gasteiger partial charge on any atom is -0.497 e. The summed E-state index contributed by atoms with van der Waals surface area (Å²) in [6.45, 7) is 4.02. The van der Waals surface area contributed by atoms with E-state index in [-0.39, 0.29) is 35.3 Å². The Morgan fingerprint density at radius 2 is 1.94 bits per heavy atom. The van der Waals surface area contributed by atoms with Crippen LogP contribution in [0.3, 0.4) is 0 Å². The number of piperidine rings is 1. The van der Waals surface area contributed by atoms with E-state index in [1.807, 2.05) is 24.3 Å². The number of amides is 2. The lowest BCUT2D eigenvalue weighted by atomic mass is 9.94. The predicted molar refractivity (Wildman–Crippen MR) is 139 cm³/mol. The third kappa shape index (κ3) is 5.24. The van der Waals surface area contributed by atoms with Crippen LogP contribution in [0.5, 0.6) is 5.75 Å². The Morgan fingerprint density at radius 1 is 1.17 bits per heavy atom. The van der Waals surface area contributed by atoms with Crippen LogP contribution in [0.2, 0.25) is 0 Å². The highest BCUT2D eigenvalue weighted by Crippen LogP contribution is 2.38. The second-order valence-electron chi connectivity index (χ2n) is 9.45. The Balaban J connectivity index is 1.21. The van der Waals surface area contributed by atoms with Crippen molar-refractivity contribution in [3.63, 3.8) is 0 Å². The zero-order valence-corrected chi connectivity index (χ0v) is 20.9. The van der Waals surface area contributed by atoms with Gasteiger partial charge in [-0.1, -0.05) is 42.0 Å². The molecular weight excluding hydrogens is 460 g/mol. The van der Waals surface area contributed by atoms with E-state index in [1.54, 1.807) is 18.9 Å². The molecule has 3 heterocycles. The largest absolute Gasteiger partial charge is 0.497 e. The fraction of sp³-hybridized carbons (Fsp3) is 0.407. The molecule has 2 aromatic carbocycles. The molecule has 0 aliphatic carbocycles. The second kappa shape index (κ2) is 10.4. The predicted octanol–water partition coefficient (Wildman–Crippen LogP) is 2.86. The Kier molecular flexibility index (Phi) is 7.13. The van der Waals surface area contributed by atoms with Gasteiger partial charge in [-0.25, -0.2) is 0 Å². The number of hydrogen-bond acceptors (Lipinski definition) is 6. The van der Waals surface area contributed by atoms with Crippen LogP contribution in [0.1, 0.15) is 29.5 Å². The molecule has 184 valence electrons. The zero-order chi connectivity index (χ0) is 24.4. The van der Waals surface area contributed by atoms with Gasteiger partial charge in [-0.2, -0.15) is 0 Å². The van der Waals surface area contributed by atoms with Gasteiger partial charge in [0.2, 0.25) is 11.8 Å². The summed E-state index contributed by atoms with van der Waals surface area (Å²) in [6.07, 6.45) is 1.48. The van der Waals surface area contributed by atoms with Crippen LogP contribution < -0.4 is 20.7 Å². The van der Waals surface area contributed by atoms with Gasteiger partial charge < -0.3 is 15.4 Å². The van der Waals surface area contributed by atoms with Gasteiger partial charge in [0.25, 0.3) is 0 Å². The summed E-state index contributed by atoms with van der Waals surface area (Å²) in [7, 11) is 1.64. The number of benzene rings is 2. The first kappa shape index (κ1) is 23.9. The van der Waals surface area contributed by atoms with Gasteiger partial charge in [0.15, 0.2) is 0 Å². The van der Waals surface area contributed by atoms with Gasteiger partial charge >= 0.3 is 0 Å². The van der Waals surface area contributed by atoms with Crippen molar-refractivity contribution in [3.05, 3.63) is 70.6 Å². The van der Waals surface area contributed by atoms with Crippen LogP contribution in [0.25, 0.3) is 5.57 Å². The van der Waals surface area contributed by atoms with Gasteiger partial charge in [-0.05, 0) is 54.0 Å². The number of nitrogens with zero attached hydrogens (tertiary/aromatic N) is 1. The first-order valence-electron chi connectivity index (χ1n) is 12.2. The maximum absolute atomic E-state index is 13.0. The quantitative estimate of drug-likeness (QED) is 0.575. The van der Waals surface area contributed by atoms with Crippen molar-refractivity contribution in [2.45, 2.75) is 43.9 Å². The van der Waals surface area contributed by atoms with E-state index < -0.39 is 0 Å². The van der Waals surface area contributed by atoms with Crippen molar-refractivity contribution >= 4 is 29.1 Å². The van der Waals surface area contributed by atoms with Crippen molar-refractivity contribution in [2.75, 3.05) is 20.2 Å². The van der Waals surface area contributed by atoms with Crippen LogP contribution in [-0.4, -0.2) is 54.5 Å². The molecule has 2 amide bonds. The summed E-state index contributed by atoms with van der Waals surface area (Å²) < 4.78 is 5.20. The number of carbonyl (C=O) groups excluding carboxylic acids is 2. The van der Waals surface area contributed by atoms with E-state index in [2.05, 4.69) is 57.4 Å². The molecule has 4 unspecified atom stereocenters. The van der Waals surface area contributed by atoms with Crippen LogP contribution >= 0.6 is 11.8 Å². The SMILES string of the molecule is COc1ccc(CNC(=O)C2CCCN(C3NC(=O)C4SC=C(c5ccc(C)cc5)C4N3)C2)cc1. The standard InChI is InChI=1S/C27H32N4O3S/c1-17-5-9-19(10-6-17)22-16-35-24-23(22)29-27(30-26(24)33)31-13-3-4-20(15-31)25(32)28-14-18-7-11-21(34-2)12-8-18/h5-12,16,20,23-24,27,29H,3-4,13-15H2,1-2H3,(H,28,32)(H,30,33). The summed E-state index contributed by atoms with van der Waals surface area (Å²) in [4.78, 5) is 28.1. The number of hydrogen-bond donors (Lipinski definition) is 3. The minimum absolute atomic E-state index is 0.0493. The first-order chi connectivity index (χ1) is 17.0. The fourth-order valence-electron chi connectivity index (χ4n) is 5.00. The summed E-state index contributed by atoms with van der Waals surface area (Å²) in [5.74, 6) is 0.798. The van der Waals surface area contributed by atoms with Gasteiger partial charge in [-0.15, -0.1) is 11.8 Å². The van der Waals surface area contributed by atoms with Crippen LogP contribution in [0.4, 0.5) is 0 Å². The molecule has 0 spiro atoms. The number of fused-ring (bicyclic) bond motifs is 1. The molecule has 0 radical (unpaired) electrons. The van der Waals surface area contributed by atoms with Crippen molar-refractivity contribution in [2.24, 2.45) is 5.92 Å². The van der Waals surface area contributed by atoms with Crippen molar-refractivity contribution in [3.8, 4) is 5.75 Å². The number of ether oxygens (including phenoxy) is 1. The van der Waals surface area contributed by atoms with Crippen molar-refractivity contribution in [1.82, 2.24) is 20.9 Å². The highest BCUT2D eigenvalue weighted by Gasteiger charge is 2.44. The lowest BCUT2D eigenvalue weighted by molar-refractivity contribution is -0.129. The summed E-state index contributed by atoms with van der Waals surface area (Å²) in [5.41, 5.74) is 4.55. The number of likely N-dealkylation sites (tertiary alicyclic amines) is 1. The number of thioether (sulfide) groups is 1. The van der Waals surface area contributed by atoms with E-state index in [1.165, 1.54) is 5.56 Å². The molecule has 2 saturated heterocycles. The number of aryl methyl sites for hydroxylation is 1. The molecule has 35 heavy (non-hydrogen) atoms. The van der Waals surface area contributed by atoms with Gasteiger partial charge in [0, 0.05) is 19.6 Å². The number of methoxy groups -OCH3 is 1.